The van der Waals surface area contributed by atoms with Gasteiger partial charge >= 0.3 is 0 Å². The lowest BCUT2D eigenvalue weighted by Crippen LogP contribution is -2.33. The van der Waals surface area contributed by atoms with E-state index in [2.05, 4.69) is 13.8 Å². The normalized spacial score (nSPS) is 12.7. The van der Waals surface area contributed by atoms with E-state index < -0.39 is 0 Å². The van der Waals surface area contributed by atoms with Crippen LogP contribution < -0.4 is 11.1 Å². The molecule has 3 aromatic heterocycles. The molecule has 0 aliphatic rings. The monoisotopic (exact) mass is 483 g/mol. The molecule has 0 aromatic carbocycles. The van der Waals surface area contributed by atoms with E-state index in [0.717, 1.165) is 50.5 Å². The van der Waals surface area contributed by atoms with Crippen molar-refractivity contribution in [3.8, 4) is 0 Å². The molecule has 194 valence electrons. The van der Waals surface area contributed by atoms with Gasteiger partial charge in [0.1, 0.15) is 0 Å². The van der Waals surface area contributed by atoms with Gasteiger partial charge in [-0.3, -0.25) is 14.2 Å². The van der Waals surface area contributed by atoms with Crippen LogP contribution in [0.25, 0.3) is 21.9 Å². The molecule has 1 unspecified atom stereocenters. The fraction of sp³-hybridized carbons (Fsp3) is 0.667. The summed E-state index contributed by atoms with van der Waals surface area (Å²) in [4.78, 5) is 27.1. The second kappa shape index (κ2) is 14.3. The van der Waals surface area contributed by atoms with Crippen molar-refractivity contribution in [1.82, 2.24) is 4.57 Å². The Morgan fingerprint density at radius 1 is 0.743 bits per heavy atom. The molecule has 0 fully saturated rings. The van der Waals surface area contributed by atoms with Crippen molar-refractivity contribution < 1.29 is 8.83 Å². The van der Waals surface area contributed by atoms with E-state index in [1.165, 1.54) is 68.6 Å². The third-order valence-corrected chi connectivity index (χ3v) is 7.34. The molecule has 1 atom stereocenters. The van der Waals surface area contributed by atoms with Crippen LogP contribution in [-0.4, -0.2) is 4.57 Å². The highest BCUT2D eigenvalue weighted by atomic mass is 16.4. The predicted octanol–water partition coefficient (Wildman–Crippen LogP) is 8.70. The van der Waals surface area contributed by atoms with Crippen LogP contribution in [0.15, 0.2) is 37.0 Å². The number of unbranched alkanes of at least 4 members (excludes halogenated alkanes) is 12. The van der Waals surface area contributed by atoms with Crippen LogP contribution in [0.4, 0.5) is 0 Å². The van der Waals surface area contributed by atoms with Crippen molar-refractivity contribution in [2.45, 2.75) is 130 Å². The molecular formula is C30H45NO4. The van der Waals surface area contributed by atoms with Gasteiger partial charge in [0.25, 0.3) is 11.1 Å². The van der Waals surface area contributed by atoms with Gasteiger partial charge in [0.15, 0.2) is 11.2 Å². The summed E-state index contributed by atoms with van der Waals surface area (Å²) < 4.78 is 13.0. The maximum absolute atomic E-state index is 13.7. The Hall–Kier alpha value is -2.30. The van der Waals surface area contributed by atoms with Crippen molar-refractivity contribution >= 4 is 21.9 Å². The number of hydrogen-bond donors (Lipinski definition) is 0. The number of fused-ring (bicyclic) bond motifs is 3. The molecule has 0 bridgehead atoms. The first-order valence-electron chi connectivity index (χ1n) is 14.2. The van der Waals surface area contributed by atoms with Gasteiger partial charge in [-0.25, -0.2) is 0 Å². The minimum atomic E-state index is -0.280. The number of hydrogen-bond acceptors (Lipinski definition) is 4. The Kier molecular flexibility index (Phi) is 11.2. The highest BCUT2D eigenvalue weighted by molar-refractivity contribution is 5.99. The summed E-state index contributed by atoms with van der Waals surface area (Å²) in [5, 5.41) is 0.931. The van der Waals surface area contributed by atoms with Crippen LogP contribution in [0, 0.1) is 0 Å². The second-order valence-electron chi connectivity index (χ2n) is 10.2. The highest BCUT2D eigenvalue weighted by Crippen LogP contribution is 2.27. The summed E-state index contributed by atoms with van der Waals surface area (Å²) in [6.45, 7) is 6.42. The Labute approximate surface area is 209 Å². The van der Waals surface area contributed by atoms with Crippen molar-refractivity contribution in [3.63, 3.8) is 0 Å². The van der Waals surface area contributed by atoms with Gasteiger partial charge in [-0.15, -0.1) is 0 Å². The van der Waals surface area contributed by atoms with E-state index in [-0.39, 0.29) is 17.2 Å². The third kappa shape index (κ3) is 7.11. The van der Waals surface area contributed by atoms with E-state index in [1.54, 1.807) is 12.3 Å². The number of nitrogens with zero attached hydrogens (tertiary/aromatic N) is 1. The predicted molar refractivity (Wildman–Crippen MR) is 146 cm³/mol. The standard InChI is InChI=1S/C30H45NO4/c1-4-6-8-10-11-12-13-14-15-17-19-24-22-35-28-26(24)30(33)31(23(3)18-16-9-7-5-2)29(32)25-20-21-34-27(25)28/h20-23H,4-19H2,1-3H3. The number of aromatic nitrogens is 1. The Balaban J connectivity index is 1.73. The van der Waals surface area contributed by atoms with Gasteiger partial charge in [-0.05, 0) is 32.3 Å². The van der Waals surface area contributed by atoms with Gasteiger partial charge in [0.2, 0.25) is 0 Å². The van der Waals surface area contributed by atoms with Crippen molar-refractivity contribution in [1.29, 1.82) is 0 Å². The summed E-state index contributed by atoms with van der Waals surface area (Å²) in [5.41, 5.74) is 1.16. The van der Waals surface area contributed by atoms with Crippen molar-refractivity contribution in [2.24, 2.45) is 0 Å². The largest absolute Gasteiger partial charge is 0.460 e. The van der Waals surface area contributed by atoms with Crippen LogP contribution in [0.1, 0.15) is 129 Å². The van der Waals surface area contributed by atoms with Gasteiger partial charge in [0, 0.05) is 11.6 Å². The molecule has 0 aliphatic carbocycles. The van der Waals surface area contributed by atoms with Crippen LogP contribution >= 0.6 is 0 Å². The van der Waals surface area contributed by atoms with E-state index in [0.29, 0.717) is 21.9 Å². The van der Waals surface area contributed by atoms with Gasteiger partial charge < -0.3 is 8.83 Å². The maximum Gasteiger partial charge on any atom is 0.265 e. The lowest BCUT2D eigenvalue weighted by molar-refractivity contribution is 0.456. The minimum absolute atomic E-state index is 0.166. The van der Waals surface area contributed by atoms with Crippen LogP contribution in [0.3, 0.4) is 0 Å². The zero-order valence-corrected chi connectivity index (χ0v) is 22.2. The summed E-state index contributed by atoms with van der Waals surface area (Å²) in [5.74, 6) is 0. The van der Waals surface area contributed by atoms with Gasteiger partial charge in [-0.2, -0.15) is 0 Å². The Bertz CT molecular complexity index is 1150. The lowest BCUT2D eigenvalue weighted by Gasteiger charge is -2.12. The second-order valence-corrected chi connectivity index (χ2v) is 10.2. The first kappa shape index (κ1) is 27.3. The number of rotatable bonds is 17. The van der Waals surface area contributed by atoms with E-state index in [4.69, 9.17) is 8.83 Å². The zero-order valence-electron chi connectivity index (χ0n) is 22.2. The zero-order chi connectivity index (χ0) is 25.0. The van der Waals surface area contributed by atoms with Gasteiger partial charge in [0.05, 0.1) is 23.3 Å². The van der Waals surface area contributed by atoms with Crippen LogP contribution in [0.2, 0.25) is 0 Å². The number of aryl methyl sites for hydroxylation is 1. The molecule has 3 heterocycles. The first-order valence-corrected chi connectivity index (χ1v) is 14.2. The molecule has 3 rings (SSSR count). The molecular weight excluding hydrogens is 438 g/mol. The molecule has 35 heavy (non-hydrogen) atoms. The molecule has 0 aliphatic heterocycles. The SMILES string of the molecule is CCCCCCCCCCCCc1coc2c1c(=O)n(C(C)CCCCCC)c(=O)c1ccoc12. The highest BCUT2D eigenvalue weighted by Gasteiger charge is 2.21. The summed E-state index contributed by atoms with van der Waals surface area (Å²) >= 11 is 0. The van der Waals surface area contributed by atoms with Gasteiger partial charge in [-0.1, -0.05) is 97.3 Å². The fourth-order valence-corrected chi connectivity index (χ4v) is 5.17. The summed E-state index contributed by atoms with van der Waals surface area (Å²) in [6, 6.07) is 1.49. The quantitative estimate of drug-likeness (QED) is 0.180. The maximum atomic E-state index is 13.7. The molecule has 0 radical (unpaired) electrons. The lowest BCUT2D eigenvalue weighted by atomic mass is 10.0. The van der Waals surface area contributed by atoms with E-state index in [9.17, 15) is 9.59 Å². The molecule has 0 N–H and O–H groups in total. The van der Waals surface area contributed by atoms with Crippen molar-refractivity contribution in [2.75, 3.05) is 0 Å². The Morgan fingerprint density at radius 2 is 1.34 bits per heavy atom. The van der Waals surface area contributed by atoms with E-state index >= 15 is 0 Å². The smallest absolute Gasteiger partial charge is 0.265 e. The third-order valence-electron chi connectivity index (χ3n) is 7.34. The Morgan fingerprint density at radius 3 is 2.00 bits per heavy atom. The van der Waals surface area contributed by atoms with Crippen LogP contribution in [0.5, 0.6) is 0 Å². The summed E-state index contributed by atoms with van der Waals surface area (Å²) in [6.07, 6.45) is 22.0. The molecule has 5 nitrogen and oxygen atoms in total. The topological polar surface area (TPSA) is 65.3 Å². The average Bonchev–Trinajstić information content (AvgIpc) is 3.48. The van der Waals surface area contributed by atoms with Crippen LogP contribution in [-0.2, 0) is 6.42 Å². The van der Waals surface area contributed by atoms with Crippen molar-refractivity contribution in [3.05, 3.63) is 44.9 Å². The average molecular weight is 484 g/mol. The minimum Gasteiger partial charge on any atom is -0.460 e. The fourth-order valence-electron chi connectivity index (χ4n) is 5.17. The molecule has 5 heteroatoms. The molecule has 0 amide bonds. The first-order chi connectivity index (χ1) is 17.1. The molecule has 0 saturated carbocycles. The summed E-state index contributed by atoms with van der Waals surface area (Å²) in [7, 11) is 0. The molecule has 3 aromatic rings. The molecule has 0 saturated heterocycles. The molecule has 0 spiro atoms. The van der Waals surface area contributed by atoms with E-state index in [1.807, 2.05) is 6.92 Å². The number of furan rings is 2.